The van der Waals surface area contributed by atoms with Crippen LogP contribution in [0.4, 0.5) is 0 Å². The maximum absolute atomic E-state index is 10.1. The number of rotatable bonds is 4. The summed E-state index contributed by atoms with van der Waals surface area (Å²) in [6.07, 6.45) is 6.08. The Morgan fingerprint density at radius 3 is 2.75 bits per heavy atom. The van der Waals surface area contributed by atoms with Crippen molar-refractivity contribution in [2.24, 2.45) is 0 Å². The molecule has 0 saturated heterocycles. The van der Waals surface area contributed by atoms with E-state index in [-0.39, 0.29) is 0 Å². The normalized spacial score (nSPS) is 18.9. The lowest BCUT2D eigenvalue weighted by Gasteiger charge is -2.22. The summed E-state index contributed by atoms with van der Waals surface area (Å²) in [5.41, 5.74) is 1.75. The van der Waals surface area contributed by atoms with Crippen LogP contribution in [0.15, 0.2) is 18.3 Å². The van der Waals surface area contributed by atoms with Crippen molar-refractivity contribution in [3.05, 3.63) is 29.6 Å². The Morgan fingerprint density at radius 1 is 1.38 bits per heavy atom. The molecule has 0 unspecified atom stereocenters. The number of aryl methyl sites for hydroxylation is 1. The number of pyridine rings is 1. The van der Waals surface area contributed by atoms with Crippen LogP contribution in [0.5, 0.6) is 0 Å². The van der Waals surface area contributed by atoms with Crippen LogP contribution in [0.2, 0.25) is 0 Å². The summed E-state index contributed by atoms with van der Waals surface area (Å²) in [6.45, 7) is 3.47. The van der Waals surface area contributed by atoms with Gasteiger partial charge in [-0.15, -0.1) is 0 Å². The van der Waals surface area contributed by atoms with E-state index in [0.29, 0.717) is 6.54 Å². The highest BCUT2D eigenvalue weighted by atomic mass is 16.3. The van der Waals surface area contributed by atoms with Crippen LogP contribution in [-0.2, 0) is 6.54 Å². The summed E-state index contributed by atoms with van der Waals surface area (Å²) < 4.78 is 0. The zero-order valence-electron chi connectivity index (χ0n) is 9.87. The highest BCUT2D eigenvalue weighted by Gasteiger charge is 2.30. The van der Waals surface area contributed by atoms with Gasteiger partial charge in [0, 0.05) is 25.0 Å². The number of nitrogens with zero attached hydrogens (tertiary/aromatic N) is 1. The molecule has 1 aliphatic carbocycles. The largest absolute Gasteiger partial charge is 0.389 e. The number of aromatic nitrogens is 1. The summed E-state index contributed by atoms with van der Waals surface area (Å²) >= 11 is 0. The summed E-state index contributed by atoms with van der Waals surface area (Å²) in [4.78, 5) is 4.24. The Hall–Kier alpha value is -0.930. The van der Waals surface area contributed by atoms with Crippen LogP contribution in [0.25, 0.3) is 0 Å². The smallest absolute Gasteiger partial charge is 0.0771 e. The molecule has 0 radical (unpaired) electrons. The van der Waals surface area contributed by atoms with Crippen LogP contribution >= 0.6 is 0 Å². The third kappa shape index (κ3) is 3.03. The van der Waals surface area contributed by atoms with E-state index in [1.54, 1.807) is 0 Å². The third-order valence-electron chi connectivity index (χ3n) is 3.29. The molecule has 2 rings (SSSR count). The van der Waals surface area contributed by atoms with Gasteiger partial charge in [-0.1, -0.05) is 18.9 Å². The van der Waals surface area contributed by atoms with Gasteiger partial charge in [-0.3, -0.25) is 4.98 Å². The molecule has 1 heterocycles. The first-order valence-corrected chi connectivity index (χ1v) is 6.03. The first kappa shape index (κ1) is 11.6. The predicted octanol–water partition coefficient (Wildman–Crippen LogP) is 1.78. The van der Waals surface area contributed by atoms with E-state index in [4.69, 9.17) is 0 Å². The molecule has 3 heteroatoms. The average Bonchev–Trinajstić information content (AvgIpc) is 2.69. The molecule has 0 amide bonds. The maximum Gasteiger partial charge on any atom is 0.0771 e. The number of hydrogen-bond donors (Lipinski definition) is 2. The van der Waals surface area contributed by atoms with Crippen LogP contribution in [-0.4, -0.2) is 22.2 Å². The minimum absolute atomic E-state index is 0.460. The Labute approximate surface area is 96.9 Å². The third-order valence-corrected chi connectivity index (χ3v) is 3.29. The highest BCUT2D eigenvalue weighted by molar-refractivity contribution is 5.12. The molecule has 1 saturated carbocycles. The van der Waals surface area contributed by atoms with Crippen LogP contribution in [0.3, 0.4) is 0 Å². The summed E-state index contributed by atoms with van der Waals surface area (Å²) in [5, 5.41) is 13.4. The molecule has 0 bridgehead atoms. The van der Waals surface area contributed by atoms with Gasteiger partial charge < -0.3 is 10.4 Å². The second-order valence-electron chi connectivity index (χ2n) is 4.84. The van der Waals surface area contributed by atoms with Gasteiger partial charge in [-0.05, 0) is 31.4 Å². The lowest BCUT2D eigenvalue weighted by Crippen LogP contribution is -2.37. The van der Waals surface area contributed by atoms with Crippen molar-refractivity contribution in [3.8, 4) is 0 Å². The van der Waals surface area contributed by atoms with Crippen LogP contribution in [0, 0.1) is 6.92 Å². The van der Waals surface area contributed by atoms with E-state index >= 15 is 0 Å². The first-order chi connectivity index (χ1) is 7.68. The minimum Gasteiger partial charge on any atom is -0.389 e. The summed E-state index contributed by atoms with van der Waals surface area (Å²) in [7, 11) is 0. The molecule has 16 heavy (non-hydrogen) atoms. The molecule has 0 spiro atoms. The second kappa shape index (κ2) is 4.93. The Balaban J connectivity index is 1.77. The van der Waals surface area contributed by atoms with Gasteiger partial charge in [-0.25, -0.2) is 0 Å². The predicted molar refractivity (Wildman–Crippen MR) is 64.1 cm³/mol. The van der Waals surface area contributed by atoms with E-state index in [2.05, 4.69) is 16.4 Å². The zero-order valence-corrected chi connectivity index (χ0v) is 9.87. The minimum atomic E-state index is -0.460. The van der Waals surface area contributed by atoms with Crippen LogP contribution < -0.4 is 5.32 Å². The van der Waals surface area contributed by atoms with E-state index in [1.807, 2.05) is 19.2 Å². The second-order valence-corrected chi connectivity index (χ2v) is 4.84. The zero-order chi connectivity index (χ0) is 11.4. The molecule has 0 atom stereocenters. The van der Waals surface area contributed by atoms with Crippen molar-refractivity contribution >= 4 is 0 Å². The molecular formula is C13H20N2O. The van der Waals surface area contributed by atoms with E-state index in [9.17, 15) is 5.11 Å². The molecule has 2 N–H and O–H groups in total. The van der Waals surface area contributed by atoms with Gasteiger partial charge in [-0.2, -0.15) is 0 Å². The molecule has 88 valence electrons. The van der Waals surface area contributed by atoms with Crippen molar-refractivity contribution in [1.82, 2.24) is 10.3 Å². The molecule has 0 aliphatic heterocycles. The van der Waals surface area contributed by atoms with Crippen molar-refractivity contribution in [1.29, 1.82) is 0 Å². The SMILES string of the molecule is Cc1ccc(CNCC2(O)CCCC2)cn1. The molecule has 3 nitrogen and oxygen atoms in total. The van der Waals surface area contributed by atoms with E-state index < -0.39 is 5.60 Å². The number of hydrogen-bond acceptors (Lipinski definition) is 3. The van der Waals surface area contributed by atoms with E-state index in [1.165, 1.54) is 5.56 Å². The molecule has 1 aliphatic rings. The molecule has 0 aromatic carbocycles. The maximum atomic E-state index is 10.1. The Kier molecular flexibility index (Phi) is 3.56. The molecule has 1 aromatic heterocycles. The van der Waals surface area contributed by atoms with Gasteiger partial charge in [0.25, 0.3) is 0 Å². The van der Waals surface area contributed by atoms with Crippen molar-refractivity contribution in [2.75, 3.05) is 6.54 Å². The van der Waals surface area contributed by atoms with Gasteiger partial charge in [0.05, 0.1) is 5.60 Å². The van der Waals surface area contributed by atoms with E-state index in [0.717, 1.165) is 37.9 Å². The van der Waals surface area contributed by atoms with Crippen molar-refractivity contribution < 1.29 is 5.11 Å². The first-order valence-electron chi connectivity index (χ1n) is 6.03. The van der Waals surface area contributed by atoms with Crippen molar-refractivity contribution in [3.63, 3.8) is 0 Å². The number of aliphatic hydroxyl groups is 1. The van der Waals surface area contributed by atoms with Crippen LogP contribution in [0.1, 0.15) is 36.9 Å². The monoisotopic (exact) mass is 220 g/mol. The molecule has 1 fully saturated rings. The Bertz CT molecular complexity index is 328. The fraction of sp³-hybridized carbons (Fsp3) is 0.615. The quantitative estimate of drug-likeness (QED) is 0.813. The topological polar surface area (TPSA) is 45.1 Å². The van der Waals surface area contributed by atoms with Gasteiger partial charge in [0.2, 0.25) is 0 Å². The highest BCUT2D eigenvalue weighted by Crippen LogP contribution is 2.28. The van der Waals surface area contributed by atoms with Gasteiger partial charge in [0.15, 0.2) is 0 Å². The fourth-order valence-corrected chi connectivity index (χ4v) is 2.25. The van der Waals surface area contributed by atoms with Gasteiger partial charge >= 0.3 is 0 Å². The fourth-order valence-electron chi connectivity index (χ4n) is 2.25. The van der Waals surface area contributed by atoms with Gasteiger partial charge in [0.1, 0.15) is 0 Å². The summed E-state index contributed by atoms with van der Waals surface area (Å²) in [5.74, 6) is 0. The Morgan fingerprint density at radius 2 is 2.12 bits per heavy atom. The lowest BCUT2D eigenvalue weighted by atomic mass is 10.0. The standard InChI is InChI=1S/C13H20N2O/c1-11-4-5-12(9-15-11)8-14-10-13(16)6-2-3-7-13/h4-5,9,14,16H,2-3,6-8,10H2,1H3. The number of nitrogens with one attached hydrogen (secondary N) is 1. The lowest BCUT2D eigenvalue weighted by molar-refractivity contribution is 0.0475. The van der Waals surface area contributed by atoms with Crippen molar-refractivity contribution in [2.45, 2.75) is 44.8 Å². The average molecular weight is 220 g/mol. The summed E-state index contributed by atoms with van der Waals surface area (Å²) in [6, 6.07) is 4.09. The molecule has 1 aromatic rings. The molecular weight excluding hydrogens is 200 g/mol.